The largest absolute Gasteiger partial charge is 0.573 e. The predicted octanol–water partition coefficient (Wildman–Crippen LogP) is 2.11. The van der Waals surface area contributed by atoms with Crippen molar-refractivity contribution in [2.45, 2.75) is 19.8 Å². The van der Waals surface area contributed by atoms with Crippen LogP contribution in [0.25, 0.3) is 11.1 Å². The highest BCUT2D eigenvalue weighted by Crippen LogP contribution is 2.29. The van der Waals surface area contributed by atoms with Crippen molar-refractivity contribution in [3.05, 3.63) is 36.2 Å². The van der Waals surface area contributed by atoms with Gasteiger partial charge in [-0.15, -0.1) is 13.2 Å². The SMILES string of the molecule is CCS(=O)(=O)n1cc(-c2cc(CN)cc(OC(F)(F)F)c2)cn1. The Balaban J connectivity index is 2.45. The van der Waals surface area contributed by atoms with Crippen LogP contribution in [0, 0.1) is 0 Å². The summed E-state index contributed by atoms with van der Waals surface area (Å²) in [6.45, 7) is 1.46. The van der Waals surface area contributed by atoms with Crippen LogP contribution in [-0.4, -0.2) is 29.7 Å². The van der Waals surface area contributed by atoms with Crippen LogP contribution in [0.3, 0.4) is 0 Å². The third-order valence-electron chi connectivity index (χ3n) is 2.98. The number of rotatable bonds is 5. The maximum absolute atomic E-state index is 12.4. The van der Waals surface area contributed by atoms with Gasteiger partial charge in [0.25, 0.3) is 10.0 Å². The number of hydrogen-bond acceptors (Lipinski definition) is 5. The van der Waals surface area contributed by atoms with Gasteiger partial charge in [-0.05, 0) is 36.2 Å². The number of halogens is 3. The molecular weight excluding hydrogens is 335 g/mol. The first-order valence-electron chi connectivity index (χ1n) is 6.52. The second kappa shape index (κ2) is 6.20. The van der Waals surface area contributed by atoms with E-state index in [1.807, 2.05) is 0 Å². The molecule has 23 heavy (non-hydrogen) atoms. The number of aromatic nitrogens is 2. The van der Waals surface area contributed by atoms with Crippen LogP contribution in [0.5, 0.6) is 5.75 Å². The summed E-state index contributed by atoms with van der Waals surface area (Å²) in [6.07, 6.45) is -2.35. The molecule has 2 N–H and O–H groups in total. The van der Waals surface area contributed by atoms with E-state index in [9.17, 15) is 21.6 Å². The second-order valence-electron chi connectivity index (χ2n) is 4.62. The molecule has 0 unspecified atom stereocenters. The molecule has 0 bridgehead atoms. The Morgan fingerprint density at radius 3 is 2.52 bits per heavy atom. The maximum atomic E-state index is 12.4. The summed E-state index contributed by atoms with van der Waals surface area (Å²) in [5.41, 5.74) is 6.54. The van der Waals surface area contributed by atoms with Gasteiger partial charge in [0.2, 0.25) is 0 Å². The Labute approximate surface area is 130 Å². The van der Waals surface area contributed by atoms with Gasteiger partial charge in [0, 0.05) is 12.1 Å². The molecule has 0 saturated carbocycles. The topological polar surface area (TPSA) is 87.2 Å². The van der Waals surface area contributed by atoms with Gasteiger partial charge in [-0.25, -0.2) is 8.42 Å². The van der Waals surface area contributed by atoms with Crippen molar-refractivity contribution in [2.24, 2.45) is 5.73 Å². The normalized spacial score (nSPS) is 12.4. The first-order chi connectivity index (χ1) is 10.6. The molecule has 0 amide bonds. The van der Waals surface area contributed by atoms with Crippen molar-refractivity contribution < 1.29 is 26.3 Å². The molecule has 2 aromatic rings. The molecule has 0 atom stereocenters. The average molecular weight is 349 g/mol. The Bertz CT molecular complexity index is 800. The van der Waals surface area contributed by atoms with E-state index in [-0.39, 0.29) is 12.3 Å². The summed E-state index contributed by atoms with van der Waals surface area (Å²) < 4.78 is 65.2. The van der Waals surface area contributed by atoms with Crippen molar-refractivity contribution in [3.8, 4) is 16.9 Å². The standard InChI is InChI=1S/C13H14F3N3O3S/c1-2-23(20,21)19-8-11(7-18-19)10-3-9(6-17)4-12(5-10)22-13(14,15)16/h3-5,7-8H,2,6,17H2,1H3. The van der Waals surface area contributed by atoms with E-state index in [0.29, 0.717) is 16.7 Å². The summed E-state index contributed by atoms with van der Waals surface area (Å²) in [4.78, 5) is 0. The molecule has 0 aliphatic heterocycles. The molecule has 1 aromatic carbocycles. The van der Waals surface area contributed by atoms with Gasteiger partial charge in [0.1, 0.15) is 5.75 Å². The van der Waals surface area contributed by atoms with Crippen LogP contribution in [-0.2, 0) is 16.6 Å². The number of hydrogen-bond donors (Lipinski definition) is 1. The smallest absolute Gasteiger partial charge is 0.406 e. The summed E-state index contributed by atoms with van der Waals surface area (Å²) in [7, 11) is -3.57. The van der Waals surface area contributed by atoms with E-state index in [4.69, 9.17) is 5.73 Å². The molecule has 1 aromatic heterocycles. The van der Waals surface area contributed by atoms with Crippen LogP contribution >= 0.6 is 0 Å². The zero-order valence-corrected chi connectivity index (χ0v) is 12.9. The molecule has 2 rings (SSSR count). The lowest BCUT2D eigenvalue weighted by molar-refractivity contribution is -0.274. The number of ether oxygens (including phenoxy) is 1. The highest BCUT2D eigenvalue weighted by molar-refractivity contribution is 7.89. The van der Waals surface area contributed by atoms with E-state index < -0.39 is 22.1 Å². The lowest BCUT2D eigenvalue weighted by atomic mass is 10.1. The van der Waals surface area contributed by atoms with Crippen molar-refractivity contribution in [1.29, 1.82) is 0 Å². The Hall–Kier alpha value is -2.07. The zero-order valence-electron chi connectivity index (χ0n) is 12.0. The third-order valence-corrected chi connectivity index (χ3v) is 4.48. The molecule has 0 spiro atoms. The molecular formula is C13H14F3N3O3S. The zero-order chi connectivity index (χ0) is 17.3. The molecule has 0 aliphatic carbocycles. The first-order valence-corrected chi connectivity index (χ1v) is 8.13. The molecule has 1 heterocycles. The molecule has 10 heteroatoms. The Morgan fingerprint density at radius 2 is 1.96 bits per heavy atom. The van der Waals surface area contributed by atoms with E-state index in [0.717, 1.165) is 10.2 Å². The van der Waals surface area contributed by atoms with E-state index >= 15 is 0 Å². The molecule has 0 saturated heterocycles. The van der Waals surface area contributed by atoms with Gasteiger partial charge in [-0.2, -0.15) is 9.19 Å². The lowest BCUT2D eigenvalue weighted by Gasteiger charge is -2.11. The predicted molar refractivity (Wildman–Crippen MR) is 77.1 cm³/mol. The fraction of sp³-hybridized carbons (Fsp3) is 0.308. The third kappa shape index (κ3) is 4.23. The van der Waals surface area contributed by atoms with Crippen LogP contribution in [0.1, 0.15) is 12.5 Å². The van der Waals surface area contributed by atoms with Gasteiger partial charge in [-0.3, -0.25) is 0 Å². The highest BCUT2D eigenvalue weighted by Gasteiger charge is 2.31. The molecule has 0 radical (unpaired) electrons. The van der Waals surface area contributed by atoms with Gasteiger partial charge in [-0.1, -0.05) is 0 Å². The summed E-state index contributed by atoms with van der Waals surface area (Å²) in [5, 5.41) is 3.73. The van der Waals surface area contributed by atoms with Crippen LogP contribution in [0.2, 0.25) is 0 Å². The van der Waals surface area contributed by atoms with Crippen molar-refractivity contribution in [3.63, 3.8) is 0 Å². The minimum atomic E-state index is -4.83. The lowest BCUT2D eigenvalue weighted by Crippen LogP contribution is -2.17. The fourth-order valence-electron chi connectivity index (χ4n) is 1.88. The molecule has 0 aliphatic rings. The summed E-state index contributed by atoms with van der Waals surface area (Å²) >= 11 is 0. The maximum Gasteiger partial charge on any atom is 0.573 e. The van der Waals surface area contributed by atoms with Crippen LogP contribution < -0.4 is 10.5 Å². The fourth-order valence-corrected chi connectivity index (χ4v) is 2.61. The molecule has 126 valence electrons. The van der Waals surface area contributed by atoms with Crippen LogP contribution in [0.4, 0.5) is 13.2 Å². The van der Waals surface area contributed by atoms with Crippen molar-refractivity contribution in [2.75, 3.05) is 5.75 Å². The average Bonchev–Trinajstić information content (AvgIpc) is 2.95. The first kappa shape index (κ1) is 17.3. The number of nitrogens with zero attached hydrogens (tertiary/aromatic N) is 2. The molecule has 0 fully saturated rings. The van der Waals surface area contributed by atoms with Crippen molar-refractivity contribution in [1.82, 2.24) is 9.19 Å². The minimum Gasteiger partial charge on any atom is -0.406 e. The van der Waals surface area contributed by atoms with Gasteiger partial charge in [0.15, 0.2) is 0 Å². The van der Waals surface area contributed by atoms with Crippen molar-refractivity contribution >= 4 is 10.0 Å². The van der Waals surface area contributed by atoms with E-state index in [1.54, 1.807) is 6.07 Å². The Morgan fingerprint density at radius 1 is 1.26 bits per heavy atom. The van der Waals surface area contributed by atoms with Gasteiger partial charge < -0.3 is 10.5 Å². The number of alkyl halides is 3. The van der Waals surface area contributed by atoms with E-state index in [2.05, 4.69) is 9.84 Å². The highest BCUT2D eigenvalue weighted by atomic mass is 32.2. The molecule has 6 nitrogen and oxygen atoms in total. The number of nitrogens with two attached hydrogens (primary N) is 1. The monoisotopic (exact) mass is 349 g/mol. The van der Waals surface area contributed by atoms with Crippen LogP contribution in [0.15, 0.2) is 30.6 Å². The van der Waals surface area contributed by atoms with Gasteiger partial charge >= 0.3 is 6.36 Å². The second-order valence-corrected chi connectivity index (χ2v) is 6.73. The quantitative estimate of drug-likeness (QED) is 0.893. The van der Waals surface area contributed by atoms with E-state index in [1.165, 1.54) is 25.4 Å². The number of benzene rings is 1. The summed E-state index contributed by atoms with van der Waals surface area (Å²) in [5.74, 6) is -0.583. The summed E-state index contributed by atoms with van der Waals surface area (Å²) in [6, 6.07) is 3.86. The minimum absolute atomic E-state index is 0.00343. The Kier molecular flexibility index (Phi) is 4.66. The van der Waals surface area contributed by atoms with Gasteiger partial charge in [0.05, 0.1) is 18.1 Å².